The van der Waals surface area contributed by atoms with Crippen molar-refractivity contribution in [2.45, 2.75) is 428 Å². The van der Waals surface area contributed by atoms with E-state index < -0.39 is 86.8 Å². The molecule has 1 amide bonds. The number of carbonyl (C=O) groups excluding carboxylic acids is 1. The van der Waals surface area contributed by atoms with Gasteiger partial charge >= 0.3 is 0 Å². The maximum atomic E-state index is 13.4. The van der Waals surface area contributed by atoms with Crippen LogP contribution in [0.4, 0.5) is 0 Å². The number of amides is 1. The summed E-state index contributed by atoms with van der Waals surface area (Å²) >= 11 is 0. The Kier molecular flexibility index (Phi) is 65.1. The van der Waals surface area contributed by atoms with E-state index in [-0.39, 0.29) is 12.5 Å². The number of unbranched alkanes of at least 4 members (excludes halogenated alkanes) is 41. The quantitative estimate of drug-likeness (QED) is 0.0204. The number of rotatable bonds is 70. The van der Waals surface area contributed by atoms with E-state index >= 15 is 0 Å². The molecule has 12 unspecified atom stereocenters. The SMILES string of the molecule is CC/C=C\C/C=C\C/C=C\C/C=C\C/C=C\C/C=C\C/C=C\C/C=C\CCCCCCCCCCCCCCCCCCC(=O)NC(COC1OC(CO)C(OC2OC(CO)C(O)C(O)C2O)C(O)C1O)C(O)CCCCCCCCCCCCCCCCCCCCCCCCCCCC. The van der Waals surface area contributed by atoms with E-state index in [0.717, 1.165) is 103 Å². The maximum absolute atomic E-state index is 13.4. The zero-order valence-electron chi connectivity index (χ0n) is 64.4. The van der Waals surface area contributed by atoms with E-state index in [9.17, 15) is 45.6 Å². The Morgan fingerprint density at radius 3 is 1.05 bits per heavy atom. The summed E-state index contributed by atoms with van der Waals surface area (Å²) in [4.78, 5) is 13.4. The van der Waals surface area contributed by atoms with Crippen LogP contribution in [0, 0.1) is 0 Å². The fraction of sp³-hybridized carbons (Fsp3) is 0.805. The predicted octanol–water partition coefficient (Wildman–Crippen LogP) is 19.6. The number of aliphatic hydroxyl groups excluding tert-OH is 8. The Labute approximate surface area is 617 Å². The number of aliphatic hydroxyl groups is 8. The molecule has 2 heterocycles. The first kappa shape index (κ1) is 94.0. The Bertz CT molecular complexity index is 2070. The molecule has 2 saturated heterocycles. The second-order valence-corrected chi connectivity index (χ2v) is 29.2. The van der Waals surface area contributed by atoms with E-state index in [0.29, 0.717) is 12.8 Å². The van der Waals surface area contributed by atoms with Crippen molar-refractivity contribution in [1.82, 2.24) is 5.32 Å². The molecule has 0 saturated carbocycles. The zero-order valence-corrected chi connectivity index (χ0v) is 64.4. The second kappa shape index (κ2) is 69.9. The Morgan fingerprint density at radius 2 is 0.683 bits per heavy atom. The topological polar surface area (TPSA) is 228 Å². The minimum atomic E-state index is -1.79. The molecule has 12 atom stereocenters. The van der Waals surface area contributed by atoms with E-state index in [2.05, 4.69) is 116 Å². The number of hydrogen-bond donors (Lipinski definition) is 9. The van der Waals surface area contributed by atoms with E-state index in [4.69, 9.17) is 18.9 Å². The van der Waals surface area contributed by atoms with Crippen LogP contribution in [0.25, 0.3) is 0 Å². The molecule has 0 bridgehead atoms. The molecule has 2 aliphatic heterocycles. The first-order valence-corrected chi connectivity index (χ1v) is 42.0. The zero-order chi connectivity index (χ0) is 73.0. The van der Waals surface area contributed by atoms with Gasteiger partial charge in [0.25, 0.3) is 0 Å². The molecule has 9 N–H and O–H groups in total. The van der Waals surface area contributed by atoms with Gasteiger partial charge in [0.1, 0.15) is 48.8 Å². The number of nitrogens with one attached hydrogen (secondary N) is 1. The lowest BCUT2D eigenvalue weighted by atomic mass is 9.97. The van der Waals surface area contributed by atoms with Crippen LogP contribution < -0.4 is 5.32 Å². The highest BCUT2D eigenvalue weighted by Crippen LogP contribution is 2.30. The van der Waals surface area contributed by atoms with Gasteiger partial charge in [0.15, 0.2) is 12.6 Å². The van der Waals surface area contributed by atoms with E-state index in [1.165, 1.54) is 225 Å². The molecule has 101 heavy (non-hydrogen) atoms. The predicted molar refractivity (Wildman–Crippen MR) is 419 cm³/mol. The average molecular weight is 1420 g/mol. The summed E-state index contributed by atoms with van der Waals surface area (Å²) < 4.78 is 23.0. The summed E-state index contributed by atoms with van der Waals surface area (Å²) in [5.41, 5.74) is 0. The Balaban J connectivity index is 1.58. The molecule has 0 aromatic carbocycles. The molecular weight excluding hydrogens is 1270 g/mol. The fourth-order valence-corrected chi connectivity index (χ4v) is 13.5. The van der Waals surface area contributed by atoms with Crippen molar-refractivity contribution in [3.63, 3.8) is 0 Å². The third-order valence-electron chi connectivity index (χ3n) is 20.1. The first-order chi connectivity index (χ1) is 49.6. The van der Waals surface area contributed by atoms with Crippen LogP contribution in [0.2, 0.25) is 0 Å². The highest BCUT2D eigenvalue weighted by Gasteiger charge is 2.51. The smallest absolute Gasteiger partial charge is 0.220 e. The molecule has 586 valence electrons. The molecule has 2 fully saturated rings. The van der Waals surface area contributed by atoms with Gasteiger partial charge in [-0.3, -0.25) is 4.79 Å². The van der Waals surface area contributed by atoms with Crippen LogP contribution in [0.5, 0.6) is 0 Å². The standard InChI is InChI=1S/C87H155NO13/c1-3-5-7-9-11-13-15-17-19-21-23-25-27-29-31-32-33-34-35-36-37-38-39-40-41-42-43-44-45-47-49-51-53-55-57-59-61-63-65-67-69-71-79(92)88-75(74-98-86-84(97)82(95)85(78(73-90)100-86)101-87-83(96)81(94)80(93)77(72-89)99-87)76(91)70-68-66-64-62-60-58-56-54-52-50-48-46-30-28-26-24-22-20-18-16-14-12-10-8-6-4-2/h5,7,11,13,17,19,23,25,29,31,33-34,36-37,39-40,75-78,80-87,89-91,93-97H,3-4,6,8-10,12,14-16,18,20-22,24,26-28,30,32,35,38,41-74H2,1-2H3,(H,88,92)/b7-5-,13-11-,19-17-,25-23-,31-29-,34-33-,37-36-,40-39-. The van der Waals surface area contributed by atoms with Crippen molar-refractivity contribution in [2.75, 3.05) is 19.8 Å². The Hall–Kier alpha value is -3.09. The summed E-state index contributed by atoms with van der Waals surface area (Å²) in [6.45, 7) is 2.80. The number of carbonyl (C=O) groups is 1. The molecule has 0 aromatic heterocycles. The summed E-state index contributed by atoms with van der Waals surface area (Å²) in [5, 5.41) is 87.9. The highest BCUT2D eigenvalue weighted by molar-refractivity contribution is 5.76. The minimum absolute atomic E-state index is 0.203. The van der Waals surface area contributed by atoms with Gasteiger partial charge in [0.2, 0.25) is 5.91 Å². The molecule has 2 rings (SSSR count). The minimum Gasteiger partial charge on any atom is -0.394 e. The first-order valence-electron chi connectivity index (χ1n) is 42.0. The van der Waals surface area contributed by atoms with Crippen molar-refractivity contribution in [2.24, 2.45) is 0 Å². The van der Waals surface area contributed by atoms with Crippen molar-refractivity contribution in [3.05, 3.63) is 97.2 Å². The summed E-state index contributed by atoms with van der Waals surface area (Å²) in [6.07, 6.45) is 83.0. The third-order valence-corrected chi connectivity index (χ3v) is 20.1. The molecule has 0 aromatic rings. The van der Waals surface area contributed by atoms with Gasteiger partial charge in [0, 0.05) is 6.42 Å². The molecule has 14 heteroatoms. The molecule has 0 radical (unpaired) electrons. The Morgan fingerprint density at radius 1 is 0.366 bits per heavy atom. The van der Waals surface area contributed by atoms with Gasteiger partial charge in [-0.1, -0.05) is 368 Å². The lowest BCUT2D eigenvalue weighted by molar-refractivity contribution is -0.359. The van der Waals surface area contributed by atoms with Crippen LogP contribution in [-0.4, -0.2) is 140 Å². The number of allylic oxidation sites excluding steroid dienone is 16. The lowest BCUT2D eigenvalue weighted by Crippen LogP contribution is -2.65. The summed E-state index contributed by atoms with van der Waals surface area (Å²) in [6, 6.07) is -0.835. The normalized spacial score (nSPS) is 22.2. The average Bonchev–Trinajstić information content (AvgIpc) is 0.792. The van der Waals surface area contributed by atoms with E-state index in [1.807, 2.05) is 0 Å². The fourth-order valence-electron chi connectivity index (χ4n) is 13.5. The number of hydrogen-bond acceptors (Lipinski definition) is 13. The monoisotopic (exact) mass is 1420 g/mol. The second-order valence-electron chi connectivity index (χ2n) is 29.2. The van der Waals surface area contributed by atoms with Crippen molar-refractivity contribution in [3.8, 4) is 0 Å². The van der Waals surface area contributed by atoms with Crippen molar-refractivity contribution in [1.29, 1.82) is 0 Å². The van der Waals surface area contributed by atoms with Gasteiger partial charge < -0.3 is 65.1 Å². The van der Waals surface area contributed by atoms with Crippen molar-refractivity contribution < 1.29 is 64.6 Å². The van der Waals surface area contributed by atoms with E-state index in [1.54, 1.807) is 0 Å². The van der Waals surface area contributed by atoms with Crippen LogP contribution >= 0.6 is 0 Å². The molecule has 0 aliphatic carbocycles. The van der Waals surface area contributed by atoms with Crippen LogP contribution in [0.15, 0.2) is 97.2 Å². The van der Waals surface area contributed by atoms with Gasteiger partial charge in [0.05, 0.1) is 32.0 Å². The van der Waals surface area contributed by atoms with Gasteiger partial charge in [-0.25, -0.2) is 0 Å². The molecule has 2 aliphatic rings. The van der Waals surface area contributed by atoms with Crippen LogP contribution in [0.3, 0.4) is 0 Å². The van der Waals surface area contributed by atoms with Crippen molar-refractivity contribution >= 4 is 5.91 Å². The largest absolute Gasteiger partial charge is 0.394 e. The lowest BCUT2D eigenvalue weighted by Gasteiger charge is -2.46. The summed E-state index contributed by atoms with van der Waals surface area (Å²) in [5.74, 6) is -0.203. The maximum Gasteiger partial charge on any atom is 0.220 e. The summed E-state index contributed by atoms with van der Waals surface area (Å²) in [7, 11) is 0. The van der Waals surface area contributed by atoms with Gasteiger partial charge in [-0.2, -0.15) is 0 Å². The molecular formula is C87H155NO13. The molecule has 0 spiro atoms. The number of ether oxygens (including phenoxy) is 4. The third kappa shape index (κ3) is 52.5. The van der Waals surface area contributed by atoms with Crippen LogP contribution in [-0.2, 0) is 23.7 Å². The van der Waals surface area contributed by atoms with Crippen LogP contribution in [0.1, 0.15) is 354 Å². The molecule has 14 nitrogen and oxygen atoms in total. The van der Waals surface area contributed by atoms with Gasteiger partial charge in [-0.15, -0.1) is 0 Å². The van der Waals surface area contributed by atoms with Gasteiger partial charge in [-0.05, 0) is 77.0 Å². The highest BCUT2D eigenvalue weighted by atomic mass is 16.7.